The molecular weight excluding hydrogens is 152 g/mol. The molecule has 10 heavy (non-hydrogen) atoms. The first-order valence-electron chi connectivity index (χ1n) is 2.57. The fourth-order valence-electron chi connectivity index (χ4n) is 0.486. The van der Waals surface area contributed by atoms with Crippen LogP contribution in [0.1, 0.15) is 0 Å². The lowest BCUT2D eigenvalue weighted by atomic mass is 10.4. The van der Waals surface area contributed by atoms with Crippen LogP contribution >= 0.6 is 11.6 Å². The molecule has 0 saturated carbocycles. The highest BCUT2D eigenvalue weighted by molar-refractivity contribution is 6.30. The molecule has 0 aromatic carbocycles. The third kappa shape index (κ3) is 1.90. The fraction of sp³-hybridized carbons (Fsp3) is 0. The largest absolute Gasteiger partial charge is 0.570 e. The third-order valence-corrected chi connectivity index (χ3v) is 1.10. The zero-order chi connectivity index (χ0) is 7.40. The molecule has 0 amide bonds. The summed E-state index contributed by atoms with van der Waals surface area (Å²) < 4.78 is 4.52. The maximum absolute atomic E-state index is 8.17. The van der Waals surface area contributed by atoms with Crippen molar-refractivity contribution in [2.75, 3.05) is 0 Å². The van der Waals surface area contributed by atoms with Gasteiger partial charge in [-0.15, -0.1) is 0 Å². The molecule has 1 aromatic heterocycles. The molecule has 1 rings (SSSR count). The highest BCUT2D eigenvalue weighted by atomic mass is 35.5. The van der Waals surface area contributed by atoms with E-state index in [2.05, 4.69) is 9.64 Å². The van der Waals surface area contributed by atoms with Gasteiger partial charge in [0.15, 0.2) is 5.88 Å². The molecule has 0 aliphatic carbocycles. The van der Waals surface area contributed by atoms with Gasteiger partial charge in [0.25, 0.3) is 0 Å². The van der Waals surface area contributed by atoms with Crippen LogP contribution in [0.2, 0.25) is 5.02 Å². The smallest absolute Gasteiger partial charge is 0.523 e. The van der Waals surface area contributed by atoms with Crippen molar-refractivity contribution in [3.8, 4) is 5.88 Å². The van der Waals surface area contributed by atoms with E-state index in [0.29, 0.717) is 18.6 Å². The molecule has 0 atom stereocenters. The minimum Gasteiger partial charge on any atom is -0.523 e. The van der Waals surface area contributed by atoms with Gasteiger partial charge < -0.3 is 9.68 Å². The molecular formula is C5H4BClNO2. The first-order valence-corrected chi connectivity index (χ1v) is 2.95. The predicted octanol–water partition coefficient (Wildman–Crippen LogP) is 0.640. The van der Waals surface area contributed by atoms with Crippen molar-refractivity contribution in [2.45, 2.75) is 0 Å². The Hall–Kier alpha value is -0.735. The minimum absolute atomic E-state index is 0.312. The Morgan fingerprint density at radius 1 is 1.60 bits per heavy atom. The lowest BCUT2D eigenvalue weighted by Gasteiger charge is -1.97. The zero-order valence-corrected chi connectivity index (χ0v) is 5.75. The normalized spacial score (nSPS) is 9.00. The van der Waals surface area contributed by atoms with E-state index < -0.39 is 0 Å². The lowest BCUT2D eigenvalue weighted by molar-refractivity contribution is 0.443. The van der Waals surface area contributed by atoms with Crippen LogP contribution in [0.25, 0.3) is 0 Å². The molecule has 0 spiro atoms. The highest BCUT2D eigenvalue weighted by Gasteiger charge is 1.93. The second-order valence-corrected chi connectivity index (χ2v) is 1.97. The minimum atomic E-state index is 0.312. The Kier molecular flexibility index (Phi) is 2.53. The molecule has 5 heteroatoms. The monoisotopic (exact) mass is 156 g/mol. The van der Waals surface area contributed by atoms with E-state index in [0.717, 1.165) is 0 Å². The van der Waals surface area contributed by atoms with Crippen LogP contribution in [0.5, 0.6) is 5.88 Å². The third-order valence-electron chi connectivity index (χ3n) is 0.874. The van der Waals surface area contributed by atoms with Crippen LogP contribution in [0.4, 0.5) is 0 Å². The molecule has 1 N–H and O–H groups in total. The van der Waals surface area contributed by atoms with Crippen molar-refractivity contribution < 1.29 is 9.68 Å². The van der Waals surface area contributed by atoms with E-state index in [-0.39, 0.29) is 0 Å². The molecule has 0 aliphatic rings. The first-order chi connectivity index (χ1) is 4.83. The van der Waals surface area contributed by atoms with Gasteiger partial charge in [-0.25, -0.2) is 4.98 Å². The van der Waals surface area contributed by atoms with Crippen LogP contribution in [0.15, 0.2) is 18.3 Å². The van der Waals surface area contributed by atoms with Gasteiger partial charge in [-0.3, -0.25) is 0 Å². The number of aromatic nitrogens is 1. The summed E-state index contributed by atoms with van der Waals surface area (Å²) in [6, 6.07) is 3.17. The van der Waals surface area contributed by atoms with Crippen molar-refractivity contribution in [1.29, 1.82) is 0 Å². The summed E-state index contributed by atoms with van der Waals surface area (Å²) in [7, 11) is 0.566. The molecule has 0 saturated heterocycles. The van der Waals surface area contributed by atoms with E-state index in [4.69, 9.17) is 16.6 Å². The Morgan fingerprint density at radius 3 is 2.90 bits per heavy atom. The standard InChI is InChI=1S/C5H4BClNO2/c7-4-1-2-5(8-3-4)10-6-9/h1-3,9H. The molecule has 0 fully saturated rings. The van der Waals surface area contributed by atoms with Crippen molar-refractivity contribution in [2.24, 2.45) is 0 Å². The Labute approximate surface area is 63.9 Å². The van der Waals surface area contributed by atoms with Gasteiger partial charge in [0.05, 0.1) is 5.02 Å². The SMILES string of the molecule is O[B]Oc1ccc(Cl)cn1. The van der Waals surface area contributed by atoms with Gasteiger partial charge >= 0.3 is 7.69 Å². The summed E-state index contributed by atoms with van der Waals surface area (Å²) in [5, 5.41) is 8.70. The van der Waals surface area contributed by atoms with E-state index in [9.17, 15) is 0 Å². The van der Waals surface area contributed by atoms with Crippen LogP contribution in [0, 0.1) is 0 Å². The summed E-state index contributed by atoms with van der Waals surface area (Å²) in [5.74, 6) is 0.312. The van der Waals surface area contributed by atoms with Crippen molar-refractivity contribution >= 4 is 19.3 Å². The van der Waals surface area contributed by atoms with Gasteiger partial charge in [0.2, 0.25) is 0 Å². The number of nitrogens with zero attached hydrogens (tertiary/aromatic N) is 1. The molecule has 51 valence electrons. The van der Waals surface area contributed by atoms with Gasteiger partial charge in [-0.2, -0.15) is 0 Å². The molecule has 1 radical (unpaired) electrons. The van der Waals surface area contributed by atoms with Crippen LogP contribution in [-0.2, 0) is 0 Å². The summed E-state index contributed by atoms with van der Waals surface area (Å²) in [6.07, 6.45) is 1.43. The van der Waals surface area contributed by atoms with E-state index >= 15 is 0 Å². The summed E-state index contributed by atoms with van der Waals surface area (Å²) in [4.78, 5) is 3.72. The number of halogens is 1. The molecule has 0 bridgehead atoms. The number of hydrogen-bond acceptors (Lipinski definition) is 3. The lowest BCUT2D eigenvalue weighted by Crippen LogP contribution is -2.00. The second-order valence-electron chi connectivity index (χ2n) is 1.54. The van der Waals surface area contributed by atoms with Gasteiger partial charge in [-0.1, -0.05) is 11.6 Å². The summed E-state index contributed by atoms with van der Waals surface area (Å²) >= 11 is 5.52. The maximum atomic E-state index is 8.17. The first kappa shape index (κ1) is 7.37. The molecule has 3 nitrogen and oxygen atoms in total. The quantitative estimate of drug-likeness (QED) is 0.639. The predicted molar refractivity (Wildman–Crippen MR) is 37.8 cm³/mol. The Bertz CT molecular complexity index is 203. The molecule has 0 unspecified atom stereocenters. The average molecular weight is 156 g/mol. The summed E-state index contributed by atoms with van der Waals surface area (Å²) in [6.45, 7) is 0. The maximum Gasteiger partial charge on any atom is 0.570 e. The highest BCUT2D eigenvalue weighted by Crippen LogP contribution is 2.10. The van der Waals surface area contributed by atoms with Gasteiger partial charge in [0, 0.05) is 12.3 Å². The second kappa shape index (κ2) is 3.44. The van der Waals surface area contributed by atoms with E-state index in [1.54, 1.807) is 12.1 Å². The zero-order valence-electron chi connectivity index (χ0n) is 4.99. The summed E-state index contributed by atoms with van der Waals surface area (Å²) in [5.41, 5.74) is 0. The Morgan fingerprint density at radius 2 is 2.40 bits per heavy atom. The van der Waals surface area contributed by atoms with Gasteiger partial charge in [0.1, 0.15) is 0 Å². The topological polar surface area (TPSA) is 42.4 Å². The molecule has 0 aliphatic heterocycles. The molecule has 1 aromatic rings. The van der Waals surface area contributed by atoms with Crippen LogP contribution in [0.3, 0.4) is 0 Å². The van der Waals surface area contributed by atoms with Crippen molar-refractivity contribution in [1.82, 2.24) is 4.98 Å². The average Bonchev–Trinajstić information content (AvgIpc) is 1.95. The van der Waals surface area contributed by atoms with Crippen molar-refractivity contribution in [3.05, 3.63) is 23.4 Å². The number of hydrogen-bond donors (Lipinski definition) is 1. The van der Waals surface area contributed by atoms with E-state index in [1.807, 2.05) is 0 Å². The number of pyridine rings is 1. The van der Waals surface area contributed by atoms with Crippen LogP contribution in [-0.4, -0.2) is 17.7 Å². The molecule has 1 heterocycles. The Balaban J connectivity index is 2.69. The van der Waals surface area contributed by atoms with Gasteiger partial charge in [-0.05, 0) is 6.07 Å². The van der Waals surface area contributed by atoms with Crippen LogP contribution < -0.4 is 4.65 Å². The number of rotatable bonds is 2. The fourth-order valence-corrected chi connectivity index (χ4v) is 0.598. The van der Waals surface area contributed by atoms with E-state index in [1.165, 1.54) is 6.20 Å². The van der Waals surface area contributed by atoms with Crippen molar-refractivity contribution in [3.63, 3.8) is 0 Å².